The highest BCUT2D eigenvalue weighted by Crippen LogP contribution is 2.24. The summed E-state index contributed by atoms with van der Waals surface area (Å²) >= 11 is 1.57. The van der Waals surface area contributed by atoms with Crippen LogP contribution in [0.4, 0.5) is 0 Å². The van der Waals surface area contributed by atoms with Crippen molar-refractivity contribution in [2.45, 2.75) is 46.0 Å². The SMILES string of the molecule is CCOCCC(=O)Cc1nc(C(C)(C)C)cs1. The zero-order valence-electron chi connectivity index (χ0n) is 11.1. The molecule has 3 nitrogen and oxygen atoms in total. The Kier molecular flexibility index (Phi) is 5.28. The van der Waals surface area contributed by atoms with Gasteiger partial charge in [-0.3, -0.25) is 4.79 Å². The molecule has 0 unspecified atom stereocenters. The molecule has 0 amide bonds. The van der Waals surface area contributed by atoms with Gasteiger partial charge in [0.1, 0.15) is 10.8 Å². The lowest BCUT2D eigenvalue weighted by atomic mass is 9.93. The Morgan fingerprint density at radius 2 is 2.18 bits per heavy atom. The van der Waals surface area contributed by atoms with Gasteiger partial charge in [0.2, 0.25) is 0 Å². The zero-order valence-corrected chi connectivity index (χ0v) is 11.9. The van der Waals surface area contributed by atoms with E-state index in [1.165, 1.54) is 0 Å². The molecule has 1 aromatic rings. The van der Waals surface area contributed by atoms with Crippen molar-refractivity contribution in [1.82, 2.24) is 4.98 Å². The number of nitrogens with zero attached hydrogens (tertiary/aromatic N) is 1. The fourth-order valence-electron chi connectivity index (χ4n) is 1.32. The first-order valence-corrected chi connectivity index (χ1v) is 6.85. The third-order valence-corrected chi connectivity index (χ3v) is 3.25. The number of thiazole rings is 1. The molecule has 0 aromatic carbocycles. The van der Waals surface area contributed by atoms with Crippen LogP contribution in [0.3, 0.4) is 0 Å². The highest BCUT2D eigenvalue weighted by atomic mass is 32.1. The Bertz CT molecular complexity index is 366. The Hall–Kier alpha value is -0.740. The summed E-state index contributed by atoms with van der Waals surface area (Å²) in [6.45, 7) is 9.50. The summed E-state index contributed by atoms with van der Waals surface area (Å²) in [7, 11) is 0. The molecule has 1 rings (SSSR count). The topological polar surface area (TPSA) is 39.2 Å². The highest BCUT2D eigenvalue weighted by Gasteiger charge is 2.18. The number of hydrogen-bond acceptors (Lipinski definition) is 4. The predicted octanol–water partition coefficient (Wildman–Crippen LogP) is 2.98. The molecule has 0 saturated heterocycles. The van der Waals surface area contributed by atoms with E-state index in [0.29, 0.717) is 26.1 Å². The standard InChI is InChI=1S/C13H21NO2S/c1-5-16-7-6-10(15)8-12-14-11(9-17-12)13(2,3)4/h9H,5-8H2,1-4H3. The highest BCUT2D eigenvalue weighted by molar-refractivity contribution is 7.09. The number of Topliss-reactive ketones (excluding diaryl/α,β-unsaturated/α-hetero) is 1. The van der Waals surface area contributed by atoms with Crippen LogP contribution in [0.25, 0.3) is 0 Å². The Labute approximate surface area is 107 Å². The van der Waals surface area contributed by atoms with E-state index in [1.54, 1.807) is 11.3 Å². The predicted molar refractivity (Wildman–Crippen MR) is 70.6 cm³/mol. The van der Waals surface area contributed by atoms with Crippen molar-refractivity contribution in [2.75, 3.05) is 13.2 Å². The molecule has 1 heterocycles. The number of ether oxygens (including phenoxy) is 1. The molecule has 17 heavy (non-hydrogen) atoms. The summed E-state index contributed by atoms with van der Waals surface area (Å²) < 4.78 is 5.16. The second kappa shape index (κ2) is 6.26. The summed E-state index contributed by atoms with van der Waals surface area (Å²) in [6, 6.07) is 0. The average molecular weight is 255 g/mol. The molecule has 0 saturated carbocycles. The third-order valence-electron chi connectivity index (χ3n) is 2.40. The molecule has 0 spiro atoms. The van der Waals surface area contributed by atoms with Gasteiger partial charge in [0, 0.05) is 23.8 Å². The monoisotopic (exact) mass is 255 g/mol. The Morgan fingerprint density at radius 3 is 2.71 bits per heavy atom. The van der Waals surface area contributed by atoms with Crippen LogP contribution in [0.1, 0.15) is 44.8 Å². The fraction of sp³-hybridized carbons (Fsp3) is 0.692. The molecule has 1 aromatic heterocycles. The second-order valence-corrected chi connectivity index (χ2v) is 5.98. The van der Waals surface area contributed by atoms with E-state index in [9.17, 15) is 4.79 Å². The molecule has 0 aliphatic heterocycles. The van der Waals surface area contributed by atoms with E-state index < -0.39 is 0 Å². The number of carbonyl (C=O) groups excluding carboxylic acids is 1. The van der Waals surface area contributed by atoms with Crippen molar-refractivity contribution in [3.05, 3.63) is 16.1 Å². The molecule has 0 fully saturated rings. The van der Waals surface area contributed by atoms with Crippen molar-refractivity contribution >= 4 is 17.1 Å². The summed E-state index contributed by atoms with van der Waals surface area (Å²) in [6.07, 6.45) is 0.923. The Balaban J connectivity index is 2.46. The lowest BCUT2D eigenvalue weighted by molar-refractivity contribution is -0.119. The van der Waals surface area contributed by atoms with E-state index in [2.05, 4.69) is 25.8 Å². The van der Waals surface area contributed by atoms with Crippen LogP contribution in [0.5, 0.6) is 0 Å². The lowest BCUT2D eigenvalue weighted by Gasteiger charge is -2.14. The summed E-state index contributed by atoms with van der Waals surface area (Å²) in [5.41, 5.74) is 1.12. The van der Waals surface area contributed by atoms with Crippen LogP contribution in [-0.2, 0) is 21.4 Å². The van der Waals surface area contributed by atoms with Gasteiger partial charge in [-0.15, -0.1) is 11.3 Å². The lowest BCUT2D eigenvalue weighted by Crippen LogP contribution is -2.12. The normalized spacial score (nSPS) is 11.8. The first-order valence-electron chi connectivity index (χ1n) is 5.97. The van der Waals surface area contributed by atoms with Gasteiger partial charge in [0.25, 0.3) is 0 Å². The first-order chi connectivity index (χ1) is 7.93. The second-order valence-electron chi connectivity index (χ2n) is 5.04. The van der Waals surface area contributed by atoms with Crippen molar-refractivity contribution in [2.24, 2.45) is 0 Å². The fourth-order valence-corrected chi connectivity index (χ4v) is 2.37. The number of ketones is 1. The summed E-state index contributed by atoms with van der Waals surface area (Å²) in [4.78, 5) is 16.1. The molecular formula is C13H21NO2S. The van der Waals surface area contributed by atoms with Crippen molar-refractivity contribution in [3.63, 3.8) is 0 Å². The Morgan fingerprint density at radius 1 is 1.47 bits per heavy atom. The molecule has 0 bridgehead atoms. The average Bonchev–Trinajstić information content (AvgIpc) is 2.66. The van der Waals surface area contributed by atoms with Crippen LogP contribution in [0, 0.1) is 0 Å². The van der Waals surface area contributed by atoms with Crippen LogP contribution in [0.15, 0.2) is 5.38 Å². The van der Waals surface area contributed by atoms with Crippen molar-refractivity contribution in [3.8, 4) is 0 Å². The summed E-state index contributed by atoms with van der Waals surface area (Å²) in [5.74, 6) is 0.202. The third kappa shape index (κ3) is 4.96. The summed E-state index contributed by atoms with van der Waals surface area (Å²) in [5, 5.41) is 2.96. The van der Waals surface area contributed by atoms with Crippen molar-refractivity contribution < 1.29 is 9.53 Å². The number of hydrogen-bond donors (Lipinski definition) is 0. The van der Waals surface area contributed by atoms with E-state index >= 15 is 0 Å². The van der Waals surface area contributed by atoms with Gasteiger partial charge in [-0.25, -0.2) is 4.98 Å². The molecule has 0 aliphatic rings. The van der Waals surface area contributed by atoms with Gasteiger partial charge in [-0.2, -0.15) is 0 Å². The molecule has 0 aliphatic carbocycles. The molecular weight excluding hydrogens is 234 g/mol. The largest absolute Gasteiger partial charge is 0.381 e. The van der Waals surface area contributed by atoms with Gasteiger partial charge >= 0.3 is 0 Å². The van der Waals surface area contributed by atoms with E-state index in [0.717, 1.165) is 10.7 Å². The maximum absolute atomic E-state index is 11.6. The molecule has 0 radical (unpaired) electrons. The quantitative estimate of drug-likeness (QED) is 0.734. The van der Waals surface area contributed by atoms with Gasteiger partial charge < -0.3 is 4.74 Å². The number of aromatic nitrogens is 1. The number of rotatable bonds is 6. The first kappa shape index (κ1) is 14.3. The van der Waals surface area contributed by atoms with Crippen LogP contribution in [0.2, 0.25) is 0 Å². The zero-order chi connectivity index (χ0) is 12.9. The van der Waals surface area contributed by atoms with Gasteiger partial charge in [-0.05, 0) is 6.92 Å². The van der Waals surface area contributed by atoms with E-state index in [1.807, 2.05) is 12.3 Å². The van der Waals surface area contributed by atoms with Crippen LogP contribution in [-0.4, -0.2) is 24.0 Å². The molecule has 4 heteroatoms. The van der Waals surface area contributed by atoms with E-state index in [-0.39, 0.29) is 11.2 Å². The van der Waals surface area contributed by atoms with Crippen molar-refractivity contribution in [1.29, 1.82) is 0 Å². The van der Waals surface area contributed by atoms with Gasteiger partial charge in [-0.1, -0.05) is 20.8 Å². The molecule has 96 valence electrons. The maximum Gasteiger partial charge on any atom is 0.141 e. The van der Waals surface area contributed by atoms with Gasteiger partial charge in [0.15, 0.2) is 0 Å². The van der Waals surface area contributed by atoms with Gasteiger partial charge in [0.05, 0.1) is 18.7 Å². The van der Waals surface area contributed by atoms with Crippen LogP contribution < -0.4 is 0 Å². The van der Waals surface area contributed by atoms with E-state index in [4.69, 9.17) is 4.74 Å². The minimum absolute atomic E-state index is 0.0587. The molecule has 0 N–H and O–H groups in total. The van der Waals surface area contributed by atoms with Crippen LogP contribution >= 0.6 is 11.3 Å². The number of carbonyl (C=O) groups is 1. The maximum atomic E-state index is 11.6. The minimum Gasteiger partial charge on any atom is -0.381 e. The minimum atomic E-state index is 0.0587. The molecule has 0 atom stereocenters. The smallest absolute Gasteiger partial charge is 0.141 e.